The third-order valence-corrected chi connectivity index (χ3v) is 2.65. The van der Waals surface area contributed by atoms with Gasteiger partial charge in [0.1, 0.15) is 6.04 Å². The van der Waals surface area contributed by atoms with Gasteiger partial charge in [-0.25, -0.2) is 4.79 Å². The van der Waals surface area contributed by atoms with Gasteiger partial charge in [0.15, 0.2) is 0 Å². The van der Waals surface area contributed by atoms with Gasteiger partial charge < -0.3 is 10.1 Å². The Balaban J connectivity index is 4.73. The maximum Gasteiger partial charge on any atom is 0.471 e. The molecule has 116 valence electrons. The Morgan fingerprint density at radius 3 is 1.95 bits per heavy atom. The van der Waals surface area contributed by atoms with Crippen LogP contribution in [0.25, 0.3) is 0 Å². The Labute approximate surface area is 112 Å². The number of methoxy groups -OCH3 is 1. The second-order valence-corrected chi connectivity index (χ2v) is 4.14. The lowest BCUT2D eigenvalue weighted by Crippen LogP contribution is -2.48. The number of carbonyl (C=O) groups excluding carboxylic acids is 3. The summed E-state index contributed by atoms with van der Waals surface area (Å²) in [4.78, 5) is 32.1. The van der Waals surface area contributed by atoms with Crippen LogP contribution in [0.3, 0.4) is 0 Å². The first kappa shape index (κ1) is 18.5. The molecule has 0 radical (unpaired) electrons. The summed E-state index contributed by atoms with van der Waals surface area (Å²) in [5, 5.41) is -1.18. The van der Waals surface area contributed by atoms with Gasteiger partial charge in [-0.2, -0.15) is 26.3 Å². The predicted molar refractivity (Wildman–Crippen MR) is 53.5 cm³/mol. The topological polar surface area (TPSA) is 72.5 Å². The molecule has 0 fully saturated rings. The van der Waals surface area contributed by atoms with Crippen LogP contribution in [0.1, 0.15) is 0 Å². The summed E-state index contributed by atoms with van der Waals surface area (Å²) < 4.78 is 75.5. The van der Waals surface area contributed by atoms with Crippen molar-refractivity contribution in [3.63, 3.8) is 0 Å². The van der Waals surface area contributed by atoms with Gasteiger partial charge in [-0.1, -0.05) is 11.8 Å². The summed E-state index contributed by atoms with van der Waals surface area (Å²) >= 11 is -0.459. The Kier molecular flexibility index (Phi) is 6.32. The number of carbonyl (C=O) groups is 3. The normalized spacial score (nSPS) is 13.6. The smallest absolute Gasteiger partial charge is 0.467 e. The van der Waals surface area contributed by atoms with Crippen molar-refractivity contribution >= 4 is 28.8 Å². The van der Waals surface area contributed by atoms with E-state index in [1.807, 2.05) is 0 Å². The molecule has 0 aliphatic heterocycles. The van der Waals surface area contributed by atoms with E-state index >= 15 is 0 Å². The highest BCUT2D eigenvalue weighted by molar-refractivity contribution is 8.13. The molecule has 1 atom stereocenters. The number of esters is 1. The molecule has 0 aliphatic rings. The van der Waals surface area contributed by atoms with E-state index < -0.39 is 52.9 Å². The minimum absolute atomic E-state index is 0.459. The summed E-state index contributed by atoms with van der Waals surface area (Å²) in [7, 11) is 0.755. The second kappa shape index (κ2) is 6.81. The molecule has 0 aliphatic carbocycles. The molecule has 0 saturated heterocycles. The number of hydrogen-bond donors (Lipinski definition) is 1. The van der Waals surface area contributed by atoms with E-state index in [-0.39, 0.29) is 0 Å². The number of thioether (sulfide) groups is 1. The van der Waals surface area contributed by atoms with Crippen LogP contribution in [-0.4, -0.2) is 48.2 Å². The van der Waals surface area contributed by atoms with Crippen LogP contribution in [0.15, 0.2) is 0 Å². The van der Waals surface area contributed by atoms with Gasteiger partial charge in [0.05, 0.1) is 7.11 Å². The first-order valence-corrected chi connectivity index (χ1v) is 5.57. The number of alkyl halides is 6. The molecular formula is C8H7F6NO4S. The Morgan fingerprint density at radius 2 is 1.60 bits per heavy atom. The van der Waals surface area contributed by atoms with Crippen LogP contribution in [0, 0.1) is 0 Å². The average Bonchev–Trinajstić information content (AvgIpc) is 2.30. The molecule has 1 amide bonds. The molecule has 0 heterocycles. The maximum absolute atomic E-state index is 11.9. The van der Waals surface area contributed by atoms with Gasteiger partial charge in [0, 0.05) is 5.75 Å². The average molecular weight is 327 g/mol. The van der Waals surface area contributed by atoms with Crippen LogP contribution in [-0.2, 0) is 19.1 Å². The number of rotatable bonds is 4. The summed E-state index contributed by atoms with van der Waals surface area (Å²) in [5.74, 6) is -5.00. The molecule has 0 saturated carbocycles. The van der Waals surface area contributed by atoms with Gasteiger partial charge in [0.25, 0.3) is 5.12 Å². The summed E-state index contributed by atoms with van der Waals surface area (Å²) in [6.07, 6.45) is -10.5. The standard InChI is InChI=1S/C8H7F6NO4S/c1-19-4(16)3(15-5(17)7(9,10)11)2-20-6(18)8(12,13)14/h3H,2H2,1H3,(H,15,17). The minimum Gasteiger partial charge on any atom is -0.467 e. The zero-order chi connectivity index (χ0) is 16.1. The highest BCUT2D eigenvalue weighted by Gasteiger charge is 2.43. The second-order valence-electron chi connectivity index (χ2n) is 3.14. The van der Waals surface area contributed by atoms with Crippen molar-refractivity contribution in [3.8, 4) is 0 Å². The lowest BCUT2D eigenvalue weighted by Gasteiger charge is -2.17. The SMILES string of the molecule is COC(=O)C(CSC(=O)C(F)(F)F)NC(=O)C(F)(F)F. The van der Waals surface area contributed by atoms with E-state index in [0.29, 0.717) is 0 Å². The highest BCUT2D eigenvalue weighted by Crippen LogP contribution is 2.24. The van der Waals surface area contributed by atoms with Crippen molar-refractivity contribution in [1.29, 1.82) is 0 Å². The summed E-state index contributed by atoms with van der Waals surface area (Å²) in [6, 6.07) is -2.04. The molecule has 5 nitrogen and oxygen atoms in total. The largest absolute Gasteiger partial charge is 0.471 e. The fraction of sp³-hybridized carbons (Fsp3) is 0.625. The van der Waals surface area contributed by atoms with E-state index in [9.17, 15) is 40.7 Å². The molecule has 0 bridgehead atoms. The van der Waals surface area contributed by atoms with Crippen molar-refractivity contribution in [3.05, 3.63) is 0 Å². The Hall–Kier alpha value is -1.46. The summed E-state index contributed by atoms with van der Waals surface area (Å²) in [6.45, 7) is 0. The van der Waals surface area contributed by atoms with Crippen LogP contribution < -0.4 is 5.32 Å². The molecule has 12 heteroatoms. The van der Waals surface area contributed by atoms with Gasteiger partial charge in [0.2, 0.25) is 0 Å². The van der Waals surface area contributed by atoms with E-state index in [4.69, 9.17) is 0 Å². The van der Waals surface area contributed by atoms with E-state index in [1.54, 1.807) is 0 Å². The predicted octanol–water partition coefficient (Wildman–Crippen LogP) is 1.03. The molecule has 0 spiro atoms. The quantitative estimate of drug-likeness (QED) is 0.617. The van der Waals surface area contributed by atoms with Crippen LogP contribution in [0.2, 0.25) is 0 Å². The molecule has 20 heavy (non-hydrogen) atoms. The van der Waals surface area contributed by atoms with Crippen LogP contribution >= 0.6 is 11.8 Å². The monoisotopic (exact) mass is 327 g/mol. The van der Waals surface area contributed by atoms with Crippen molar-refractivity contribution in [2.75, 3.05) is 12.9 Å². The molecule has 0 aromatic carbocycles. The van der Waals surface area contributed by atoms with Gasteiger partial charge >= 0.3 is 24.2 Å². The zero-order valence-corrected chi connectivity index (χ0v) is 10.4. The number of nitrogens with one attached hydrogen (secondary N) is 1. The third kappa shape index (κ3) is 6.12. The number of hydrogen-bond acceptors (Lipinski definition) is 5. The van der Waals surface area contributed by atoms with Gasteiger partial charge in [-0.05, 0) is 0 Å². The highest BCUT2D eigenvalue weighted by atomic mass is 32.2. The first-order valence-electron chi connectivity index (χ1n) is 4.59. The molecule has 1 unspecified atom stereocenters. The Bertz CT molecular complexity index is 393. The molecular weight excluding hydrogens is 320 g/mol. The maximum atomic E-state index is 11.9. The first-order chi connectivity index (χ1) is 8.89. The van der Waals surface area contributed by atoms with Crippen molar-refractivity contribution in [1.82, 2.24) is 5.32 Å². The zero-order valence-electron chi connectivity index (χ0n) is 9.59. The number of ether oxygens (including phenoxy) is 1. The van der Waals surface area contributed by atoms with Crippen molar-refractivity contribution in [2.45, 2.75) is 18.4 Å². The lowest BCUT2D eigenvalue weighted by atomic mass is 10.3. The van der Waals surface area contributed by atoms with Gasteiger partial charge in [-0.15, -0.1) is 0 Å². The van der Waals surface area contributed by atoms with Crippen LogP contribution in [0.5, 0.6) is 0 Å². The van der Waals surface area contributed by atoms with Crippen molar-refractivity contribution < 1.29 is 45.5 Å². The van der Waals surface area contributed by atoms with E-state index in [1.165, 1.54) is 0 Å². The van der Waals surface area contributed by atoms with Crippen molar-refractivity contribution in [2.24, 2.45) is 0 Å². The molecule has 0 rings (SSSR count). The Morgan fingerprint density at radius 1 is 1.10 bits per heavy atom. The molecule has 0 aromatic rings. The fourth-order valence-electron chi connectivity index (χ4n) is 0.792. The lowest BCUT2D eigenvalue weighted by molar-refractivity contribution is -0.175. The number of halogens is 6. The summed E-state index contributed by atoms with van der Waals surface area (Å²) in [5.41, 5.74) is 0. The molecule has 0 aromatic heterocycles. The minimum atomic E-state index is -5.33. The third-order valence-electron chi connectivity index (χ3n) is 1.66. The van der Waals surface area contributed by atoms with E-state index in [0.717, 1.165) is 12.4 Å². The van der Waals surface area contributed by atoms with E-state index in [2.05, 4.69) is 4.74 Å². The fourth-order valence-corrected chi connectivity index (χ4v) is 1.49. The molecule has 1 N–H and O–H groups in total. The van der Waals surface area contributed by atoms with Gasteiger partial charge in [-0.3, -0.25) is 9.59 Å². The number of amides is 1. The van der Waals surface area contributed by atoms with Crippen LogP contribution in [0.4, 0.5) is 26.3 Å².